The summed E-state index contributed by atoms with van der Waals surface area (Å²) in [6, 6.07) is 6.16. The Morgan fingerprint density at radius 1 is 1.06 bits per heavy atom. The molecule has 5 heteroatoms. The number of halogens is 2. The van der Waals surface area contributed by atoms with E-state index in [2.05, 4.69) is 0 Å². The number of benzene rings is 1. The van der Waals surface area contributed by atoms with Crippen molar-refractivity contribution in [1.82, 2.24) is 0 Å². The van der Waals surface area contributed by atoms with E-state index in [-0.39, 0.29) is 19.0 Å². The molecule has 0 aliphatic rings. The third-order valence-corrected chi connectivity index (χ3v) is 2.09. The topological polar surface area (TPSA) is 42.6 Å². The lowest BCUT2D eigenvalue weighted by Crippen LogP contribution is -1.95. The van der Waals surface area contributed by atoms with Crippen molar-refractivity contribution < 1.29 is 23.0 Å². The van der Waals surface area contributed by atoms with Gasteiger partial charge in [-0.25, -0.2) is 8.78 Å². The largest absolute Gasteiger partial charge is 0.485 e. The van der Waals surface area contributed by atoms with Gasteiger partial charge in [0.2, 0.25) is 0 Å². The van der Waals surface area contributed by atoms with Gasteiger partial charge < -0.3 is 14.3 Å². The van der Waals surface area contributed by atoms with Crippen molar-refractivity contribution in [1.29, 1.82) is 0 Å². The van der Waals surface area contributed by atoms with Crippen LogP contribution in [0, 0.1) is 11.6 Å². The molecular weight excluding hydrogens is 230 g/mol. The molecule has 1 aromatic heterocycles. The van der Waals surface area contributed by atoms with Gasteiger partial charge in [0, 0.05) is 18.2 Å². The van der Waals surface area contributed by atoms with Gasteiger partial charge in [-0.2, -0.15) is 0 Å². The van der Waals surface area contributed by atoms with Crippen LogP contribution in [-0.4, -0.2) is 5.11 Å². The van der Waals surface area contributed by atoms with Crippen LogP contribution >= 0.6 is 0 Å². The molecule has 0 radical (unpaired) electrons. The molecule has 1 aromatic carbocycles. The van der Waals surface area contributed by atoms with Gasteiger partial charge in [0.05, 0.1) is 0 Å². The second kappa shape index (κ2) is 4.97. The number of hydrogen-bond donors (Lipinski definition) is 1. The van der Waals surface area contributed by atoms with E-state index in [1.807, 2.05) is 0 Å². The summed E-state index contributed by atoms with van der Waals surface area (Å²) < 4.78 is 36.0. The Labute approximate surface area is 96.3 Å². The Kier molecular flexibility index (Phi) is 3.39. The van der Waals surface area contributed by atoms with E-state index in [4.69, 9.17) is 14.3 Å². The van der Waals surface area contributed by atoms with Crippen LogP contribution in [0.3, 0.4) is 0 Å². The van der Waals surface area contributed by atoms with Gasteiger partial charge in [-0.15, -0.1) is 0 Å². The zero-order chi connectivity index (χ0) is 12.3. The van der Waals surface area contributed by atoms with Crippen LogP contribution < -0.4 is 4.74 Å². The molecule has 0 fully saturated rings. The lowest BCUT2D eigenvalue weighted by atomic mass is 10.3. The third-order valence-electron chi connectivity index (χ3n) is 2.09. The summed E-state index contributed by atoms with van der Waals surface area (Å²) >= 11 is 0. The molecule has 2 aromatic rings. The number of ether oxygens (including phenoxy) is 1. The summed E-state index contributed by atoms with van der Waals surface area (Å²) in [5.41, 5.74) is 0. The predicted molar refractivity (Wildman–Crippen MR) is 55.3 cm³/mol. The van der Waals surface area contributed by atoms with Gasteiger partial charge >= 0.3 is 0 Å². The number of furan rings is 1. The summed E-state index contributed by atoms with van der Waals surface area (Å²) in [6.07, 6.45) is 0. The summed E-state index contributed by atoms with van der Waals surface area (Å²) in [7, 11) is 0. The lowest BCUT2D eigenvalue weighted by Gasteiger charge is -2.04. The third kappa shape index (κ3) is 3.04. The fourth-order valence-electron chi connectivity index (χ4n) is 1.35. The SMILES string of the molecule is OCc1ccc(COc2cc(F)cc(F)c2)o1. The quantitative estimate of drug-likeness (QED) is 0.893. The van der Waals surface area contributed by atoms with Crippen LogP contribution in [0.2, 0.25) is 0 Å². The minimum atomic E-state index is -0.699. The molecule has 0 unspecified atom stereocenters. The molecule has 2 rings (SSSR count). The van der Waals surface area contributed by atoms with E-state index in [0.717, 1.165) is 18.2 Å². The molecule has 0 aliphatic heterocycles. The highest BCUT2D eigenvalue weighted by Crippen LogP contribution is 2.17. The highest BCUT2D eigenvalue weighted by Gasteiger charge is 2.04. The van der Waals surface area contributed by atoms with Crippen molar-refractivity contribution in [2.75, 3.05) is 0 Å². The zero-order valence-corrected chi connectivity index (χ0v) is 8.82. The molecule has 0 amide bonds. The van der Waals surface area contributed by atoms with E-state index >= 15 is 0 Å². The Hall–Kier alpha value is -1.88. The highest BCUT2D eigenvalue weighted by molar-refractivity contribution is 5.24. The Balaban J connectivity index is 2.01. The van der Waals surface area contributed by atoms with Gasteiger partial charge in [-0.05, 0) is 12.1 Å². The number of aliphatic hydroxyl groups is 1. The smallest absolute Gasteiger partial charge is 0.146 e. The molecule has 0 aliphatic carbocycles. The Morgan fingerprint density at radius 3 is 2.29 bits per heavy atom. The Bertz CT molecular complexity index is 488. The number of hydrogen-bond acceptors (Lipinski definition) is 3. The van der Waals surface area contributed by atoms with Gasteiger partial charge in [0.15, 0.2) is 0 Å². The molecule has 1 heterocycles. The fourth-order valence-corrected chi connectivity index (χ4v) is 1.35. The van der Waals surface area contributed by atoms with Crippen molar-refractivity contribution in [3.05, 3.63) is 53.5 Å². The normalized spacial score (nSPS) is 10.5. The predicted octanol–water partition coefficient (Wildman–Crippen LogP) is 2.63. The maximum Gasteiger partial charge on any atom is 0.146 e. The van der Waals surface area contributed by atoms with Crippen LogP contribution in [0.4, 0.5) is 8.78 Å². The summed E-state index contributed by atoms with van der Waals surface area (Å²) in [5, 5.41) is 8.78. The van der Waals surface area contributed by atoms with E-state index in [1.54, 1.807) is 12.1 Å². The molecule has 0 saturated heterocycles. The molecular formula is C12H10F2O3. The minimum absolute atomic E-state index is 0.0445. The van der Waals surface area contributed by atoms with Crippen molar-refractivity contribution in [2.45, 2.75) is 13.2 Å². The fraction of sp³-hybridized carbons (Fsp3) is 0.167. The molecule has 0 saturated carbocycles. The summed E-state index contributed by atoms with van der Waals surface area (Å²) in [6.45, 7) is -0.155. The standard InChI is InChI=1S/C12H10F2O3/c13-8-3-9(14)5-12(4-8)16-7-11-2-1-10(6-15)17-11/h1-5,15H,6-7H2. The molecule has 17 heavy (non-hydrogen) atoms. The molecule has 3 nitrogen and oxygen atoms in total. The van der Waals surface area contributed by atoms with Crippen LogP contribution in [0.25, 0.3) is 0 Å². The van der Waals surface area contributed by atoms with Crippen LogP contribution in [0.1, 0.15) is 11.5 Å². The lowest BCUT2D eigenvalue weighted by molar-refractivity contribution is 0.224. The van der Waals surface area contributed by atoms with E-state index in [0.29, 0.717) is 11.5 Å². The van der Waals surface area contributed by atoms with Crippen molar-refractivity contribution in [3.8, 4) is 5.75 Å². The van der Waals surface area contributed by atoms with Crippen molar-refractivity contribution in [3.63, 3.8) is 0 Å². The van der Waals surface area contributed by atoms with E-state index < -0.39 is 11.6 Å². The second-order valence-electron chi connectivity index (χ2n) is 3.42. The van der Waals surface area contributed by atoms with Crippen molar-refractivity contribution in [2.24, 2.45) is 0 Å². The monoisotopic (exact) mass is 240 g/mol. The second-order valence-corrected chi connectivity index (χ2v) is 3.42. The molecule has 90 valence electrons. The minimum Gasteiger partial charge on any atom is -0.485 e. The van der Waals surface area contributed by atoms with Gasteiger partial charge in [0.25, 0.3) is 0 Å². The first-order chi connectivity index (χ1) is 8.17. The van der Waals surface area contributed by atoms with Gasteiger partial charge in [-0.1, -0.05) is 0 Å². The molecule has 1 N–H and O–H groups in total. The molecule has 0 spiro atoms. The maximum atomic E-state index is 12.8. The maximum absolute atomic E-state index is 12.8. The molecule has 0 atom stereocenters. The van der Waals surface area contributed by atoms with Crippen LogP contribution in [0.5, 0.6) is 5.75 Å². The van der Waals surface area contributed by atoms with Gasteiger partial charge in [-0.3, -0.25) is 0 Å². The first kappa shape index (κ1) is 11.6. The number of aliphatic hydroxyl groups excluding tert-OH is 1. The first-order valence-electron chi connectivity index (χ1n) is 4.95. The summed E-state index contributed by atoms with van der Waals surface area (Å²) in [5.74, 6) is -0.428. The zero-order valence-electron chi connectivity index (χ0n) is 8.82. The average Bonchev–Trinajstić information content (AvgIpc) is 2.73. The summed E-state index contributed by atoms with van der Waals surface area (Å²) in [4.78, 5) is 0. The van der Waals surface area contributed by atoms with Crippen LogP contribution in [0.15, 0.2) is 34.7 Å². The van der Waals surface area contributed by atoms with E-state index in [9.17, 15) is 8.78 Å². The first-order valence-corrected chi connectivity index (χ1v) is 4.95. The molecule has 0 bridgehead atoms. The van der Waals surface area contributed by atoms with Crippen LogP contribution in [-0.2, 0) is 13.2 Å². The van der Waals surface area contributed by atoms with Gasteiger partial charge in [0.1, 0.15) is 42.1 Å². The number of rotatable bonds is 4. The Morgan fingerprint density at radius 2 is 1.71 bits per heavy atom. The average molecular weight is 240 g/mol. The highest BCUT2D eigenvalue weighted by atomic mass is 19.1. The van der Waals surface area contributed by atoms with E-state index in [1.165, 1.54) is 0 Å². The van der Waals surface area contributed by atoms with Crippen molar-refractivity contribution >= 4 is 0 Å².